The van der Waals surface area contributed by atoms with Crippen LogP contribution in [-0.4, -0.2) is 41.9 Å². The first-order valence-electron chi connectivity index (χ1n) is 5.40. The van der Waals surface area contributed by atoms with Gasteiger partial charge in [0.25, 0.3) is 0 Å². The lowest BCUT2D eigenvalue weighted by atomic mass is 10.2. The quantitative estimate of drug-likeness (QED) is 0.705. The summed E-state index contributed by atoms with van der Waals surface area (Å²) in [5.41, 5.74) is 6.84. The average Bonchev–Trinajstić information content (AvgIpc) is 2.89. The second kappa shape index (κ2) is 4.96. The van der Waals surface area contributed by atoms with Gasteiger partial charge in [0.15, 0.2) is 0 Å². The van der Waals surface area contributed by atoms with Crippen LogP contribution in [-0.2, 0) is 24.8 Å². The molecule has 8 nitrogen and oxygen atoms in total. The molecule has 0 bridgehead atoms. The molecule has 1 atom stereocenters. The average molecular weight is 250 g/mol. The van der Waals surface area contributed by atoms with Crippen molar-refractivity contribution in [1.29, 1.82) is 0 Å². The number of carboxylic acid groups (broad SMARTS) is 1. The van der Waals surface area contributed by atoms with Gasteiger partial charge in [0.1, 0.15) is 6.04 Å². The maximum atomic E-state index is 10.6. The zero-order chi connectivity index (χ0) is 13.1. The van der Waals surface area contributed by atoms with E-state index in [4.69, 9.17) is 10.8 Å². The van der Waals surface area contributed by atoms with Gasteiger partial charge in [-0.15, -0.1) is 5.10 Å². The number of nitrogens with zero attached hydrogens (tertiary/aromatic N) is 5. The largest absolute Gasteiger partial charge is 0.480 e. The van der Waals surface area contributed by atoms with Crippen molar-refractivity contribution in [2.45, 2.75) is 19.0 Å². The Kier molecular flexibility index (Phi) is 3.38. The molecule has 1 unspecified atom stereocenters. The number of rotatable bonds is 5. The molecule has 18 heavy (non-hydrogen) atoms. The summed E-state index contributed by atoms with van der Waals surface area (Å²) in [5.74, 6) is -1.05. The normalized spacial score (nSPS) is 12.6. The number of carbonyl (C=O) groups is 1. The molecular weight excluding hydrogens is 236 g/mol. The predicted octanol–water partition coefficient (Wildman–Crippen LogP) is -0.986. The zero-order valence-corrected chi connectivity index (χ0v) is 9.89. The van der Waals surface area contributed by atoms with Crippen LogP contribution in [0.5, 0.6) is 0 Å². The molecule has 8 heteroatoms. The highest BCUT2D eigenvalue weighted by Gasteiger charge is 2.14. The number of nitrogens with two attached hydrogens (primary N) is 1. The first-order valence-corrected chi connectivity index (χ1v) is 5.40. The Hall–Kier alpha value is -2.22. The maximum absolute atomic E-state index is 10.6. The third kappa shape index (κ3) is 2.92. The molecule has 0 fully saturated rings. The van der Waals surface area contributed by atoms with E-state index in [0.717, 1.165) is 5.69 Å². The molecular formula is C10H14N6O2. The molecule has 96 valence electrons. The lowest BCUT2D eigenvalue weighted by Crippen LogP contribution is -2.32. The lowest BCUT2D eigenvalue weighted by molar-refractivity contribution is -0.138. The van der Waals surface area contributed by atoms with Gasteiger partial charge in [-0.2, -0.15) is 5.10 Å². The minimum atomic E-state index is -1.05. The summed E-state index contributed by atoms with van der Waals surface area (Å²) in [4.78, 5) is 10.6. The molecule has 0 aromatic carbocycles. The fourth-order valence-corrected chi connectivity index (χ4v) is 1.54. The van der Waals surface area contributed by atoms with Gasteiger partial charge in [-0.3, -0.25) is 9.48 Å². The highest BCUT2D eigenvalue weighted by Crippen LogP contribution is 2.01. The van der Waals surface area contributed by atoms with Crippen LogP contribution in [0.4, 0.5) is 0 Å². The van der Waals surface area contributed by atoms with Crippen molar-refractivity contribution >= 4 is 5.97 Å². The maximum Gasteiger partial charge on any atom is 0.320 e. The number of carboxylic acids is 1. The topological polar surface area (TPSA) is 112 Å². The van der Waals surface area contributed by atoms with Gasteiger partial charge in [-0.05, 0) is 6.07 Å². The number of aliphatic carboxylic acids is 1. The molecule has 3 N–H and O–H groups in total. The molecule has 0 aliphatic rings. The van der Waals surface area contributed by atoms with Crippen LogP contribution in [0.2, 0.25) is 0 Å². The van der Waals surface area contributed by atoms with Gasteiger partial charge in [0, 0.05) is 25.9 Å². The molecule has 0 amide bonds. The minimum Gasteiger partial charge on any atom is -0.480 e. The molecule has 2 rings (SSSR count). The second-order valence-corrected chi connectivity index (χ2v) is 4.04. The van der Waals surface area contributed by atoms with E-state index in [1.807, 2.05) is 19.3 Å². The standard InChI is InChI=1S/C10H14N6O2/c1-15-3-2-7(13-15)5-16-6-8(12-14-16)4-9(11)10(17)18/h2-3,6,9H,4-5,11H2,1H3,(H,17,18). The molecule has 0 aliphatic heterocycles. The Balaban J connectivity index is 2.00. The Labute approximate surface area is 103 Å². The van der Waals surface area contributed by atoms with Gasteiger partial charge in [-0.25, -0.2) is 4.68 Å². The SMILES string of the molecule is Cn1ccc(Cn2cc(CC(N)C(=O)O)nn2)n1. The molecule has 0 saturated heterocycles. The monoisotopic (exact) mass is 250 g/mol. The highest BCUT2D eigenvalue weighted by atomic mass is 16.4. The van der Waals surface area contributed by atoms with E-state index in [-0.39, 0.29) is 6.42 Å². The molecule has 2 aromatic rings. The van der Waals surface area contributed by atoms with Gasteiger partial charge in [-0.1, -0.05) is 5.21 Å². The van der Waals surface area contributed by atoms with Crippen LogP contribution < -0.4 is 5.73 Å². The van der Waals surface area contributed by atoms with E-state index in [9.17, 15) is 4.79 Å². The van der Waals surface area contributed by atoms with Crippen LogP contribution in [0, 0.1) is 0 Å². The van der Waals surface area contributed by atoms with E-state index < -0.39 is 12.0 Å². The van der Waals surface area contributed by atoms with E-state index in [0.29, 0.717) is 12.2 Å². The molecule has 0 spiro atoms. The third-order valence-electron chi connectivity index (χ3n) is 2.43. The summed E-state index contributed by atoms with van der Waals surface area (Å²) in [6, 6.07) is 0.926. The molecule has 0 saturated carbocycles. The lowest BCUT2D eigenvalue weighted by Gasteiger charge is -2.01. The molecule has 2 aromatic heterocycles. The van der Waals surface area contributed by atoms with Crippen LogP contribution in [0.1, 0.15) is 11.4 Å². The number of aryl methyl sites for hydroxylation is 1. The van der Waals surface area contributed by atoms with Crippen LogP contribution in [0.25, 0.3) is 0 Å². The van der Waals surface area contributed by atoms with Gasteiger partial charge >= 0.3 is 5.97 Å². The summed E-state index contributed by atoms with van der Waals surface area (Å²) in [5, 5.41) is 20.7. The first kappa shape index (κ1) is 12.2. The number of hydrogen-bond acceptors (Lipinski definition) is 5. The smallest absolute Gasteiger partial charge is 0.320 e. The van der Waals surface area contributed by atoms with E-state index in [2.05, 4.69) is 15.4 Å². The van der Waals surface area contributed by atoms with Crippen molar-refractivity contribution in [3.05, 3.63) is 29.8 Å². The van der Waals surface area contributed by atoms with Gasteiger partial charge < -0.3 is 10.8 Å². The summed E-state index contributed by atoms with van der Waals surface area (Å²) in [6.45, 7) is 0.496. The van der Waals surface area contributed by atoms with E-state index in [1.54, 1.807) is 15.6 Å². The van der Waals surface area contributed by atoms with Gasteiger partial charge in [0.05, 0.1) is 17.9 Å². The van der Waals surface area contributed by atoms with Crippen molar-refractivity contribution in [3.8, 4) is 0 Å². The Morgan fingerprint density at radius 2 is 2.33 bits per heavy atom. The number of hydrogen-bond donors (Lipinski definition) is 2. The van der Waals surface area contributed by atoms with Crippen molar-refractivity contribution < 1.29 is 9.90 Å². The van der Waals surface area contributed by atoms with Crippen LogP contribution in [0.15, 0.2) is 18.5 Å². The summed E-state index contributed by atoms with van der Waals surface area (Å²) < 4.78 is 3.31. The van der Waals surface area contributed by atoms with Crippen LogP contribution >= 0.6 is 0 Å². The summed E-state index contributed by atoms with van der Waals surface area (Å²) in [7, 11) is 1.84. The number of aromatic nitrogens is 5. The van der Waals surface area contributed by atoms with Crippen molar-refractivity contribution in [3.63, 3.8) is 0 Å². The predicted molar refractivity (Wildman–Crippen MR) is 61.6 cm³/mol. The summed E-state index contributed by atoms with van der Waals surface area (Å²) in [6.07, 6.45) is 3.68. The Morgan fingerprint density at radius 3 is 2.94 bits per heavy atom. The zero-order valence-electron chi connectivity index (χ0n) is 9.89. The van der Waals surface area contributed by atoms with Gasteiger partial charge in [0.2, 0.25) is 0 Å². The Morgan fingerprint density at radius 1 is 1.56 bits per heavy atom. The minimum absolute atomic E-state index is 0.164. The van der Waals surface area contributed by atoms with E-state index >= 15 is 0 Å². The summed E-state index contributed by atoms with van der Waals surface area (Å²) >= 11 is 0. The molecule has 2 heterocycles. The highest BCUT2D eigenvalue weighted by molar-refractivity contribution is 5.73. The fraction of sp³-hybridized carbons (Fsp3) is 0.400. The van der Waals surface area contributed by atoms with Crippen LogP contribution in [0.3, 0.4) is 0 Å². The third-order valence-corrected chi connectivity index (χ3v) is 2.43. The molecule has 0 aliphatic carbocycles. The molecule has 0 radical (unpaired) electrons. The van der Waals surface area contributed by atoms with Crippen molar-refractivity contribution in [1.82, 2.24) is 24.8 Å². The van der Waals surface area contributed by atoms with E-state index in [1.165, 1.54) is 0 Å². The fourth-order valence-electron chi connectivity index (χ4n) is 1.54. The van der Waals surface area contributed by atoms with Crippen molar-refractivity contribution in [2.24, 2.45) is 12.8 Å². The van der Waals surface area contributed by atoms with Crippen molar-refractivity contribution in [2.75, 3.05) is 0 Å². The second-order valence-electron chi connectivity index (χ2n) is 4.04. The first-order chi connectivity index (χ1) is 8.54. The Bertz CT molecular complexity index is 546.